The van der Waals surface area contributed by atoms with Crippen LogP contribution >= 0.6 is 22.9 Å². The Bertz CT molecular complexity index is 1940. The zero-order chi connectivity index (χ0) is 31.2. The summed E-state index contributed by atoms with van der Waals surface area (Å²) in [6.45, 7) is 4.33. The smallest absolute Gasteiger partial charge is 0.338 e. The Labute approximate surface area is 263 Å². The average molecular weight is 629 g/mol. The van der Waals surface area contributed by atoms with Gasteiger partial charge in [-0.1, -0.05) is 71.3 Å². The molecule has 10 heteroatoms. The van der Waals surface area contributed by atoms with Crippen LogP contribution in [0.4, 0.5) is 0 Å². The first-order valence-electron chi connectivity index (χ1n) is 13.8. The number of terminal acetylenes is 1. The number of carbonyl (C=O) groups excluding carboxylic acids is 1. The third-order valence-electron chi connectivity index (χ3n) is 6.73. The highest BCUT2D eigenvalue weighted by Crippen LogP contribution is 2.37. The lowest BCUT2D eigenvalue weighted by Gasteiger charge is -2.26. The molecule has 0 saturated carbocycles. The fourth-order valence-electron chi connectivity index (χ4n) is 4.90. The van der Waals surface area contributed by atoms with Crippen molar-refractivity contribution in [3.8, 4) is 29.6 Å². The van der Waals surface area contributed by atoms with Crippen molar-refractivity contribution in [2.45, 2.75) is 19.9 Å². The molecule has 1 aliphatic rings. The van der Waals surface area contributed by atoms with Crippen LogP contribution in [0.25, 0.3) is 11.8 Å². The fraction of sp³-hybridized carbons (Fsp3) is 0.206. The Kier molecular flexibility index (Phi) is 9.53. The van der Waals surface area contributed by atoms with Crippen molar-refractivity contribution in [2.24, 2.45) is 4.99 Å². The van der Waals surface area contributed by atoms with Crippen LogP contribution in [-0.2, 0) is 9.53 Å². The maximum Gasteiger partial charge on any atom is 0.338 e. The second kappa shape index (κ2) is 13.7. The summed E-state index contributed by atoms with van der Waals surface area (Å²) in [5.41, 5.74) is 2.41. The van der Waals surface area contributed by atoms with Gasteiger partial charge in [-0.25, -0.2) is 9.79 Å². The van der Waals surface area contributed by atoms with Gasteiger partial charge in [-0.05, 0) is 55.3 Å². The number of carbonyl (C=O) groups is 1. The third-order valence-corrected chi connectivity index (χ3v) is 7.99. The van der Waals surface area contributed by atoms with Crippen LogP contribution in [0.2, 0.25) is 5.02 Å². The molecule has 0 bridgehead atoms. The summed E-state index contributed by atoms with van der Waals surface area (Å²) in [4.78, 5) is 33.1. The van der Waals surface area contributed by atoms with Gasteiger partial charge in [-0.3, -0.25) is 9.36 Å². The second-order valence-corrected chi connectivity index (χ2v) is 10.9. The van der Waals surface area contributed by atoms with Crippen LogP contribution in [0.1, 0.15) is 36.6 Å². The molecule has 44 heavy (non-hydrogen) atoms. The Morgan fingerprint density at radius 3 is 2.50 bits per heavy atom. The lowest BCUT2D eigenvalue weighted by Crippen LogP contribution is -2.40. The number of aromatic nitrogens is 1. The summed E-state index contributed by atoms with van der Waals surface area (Å²) in [6.07, 6.45) is 7.04. The molecule has 1 aromatic heterocycles. The van der Waals surface area contributed by atoms with Crippen molar-refractivity contribution in [2.75, 3.05) is 26.9 Å². The number of nitrogens with zero attached hydrogens (tertiary/aromatic N) is 2. The van der Waals surface area contributed by atoms with Gasteiger partial charge in [0.05, 0.1) is 47.2 Å². The van der Waals surface area contributed by atoms with Gasteiger partial charge in [0, 0.05) is 5.56 Å². The quantitative estimate of drug-likeness (QED) is 0.181. The van der Waals surface area contributed by atoms with E-state index in [1.54, 1.807) is 25.1 Å². The zero-order valence-corrected chi connectivity index (χ0v) is 25.9. The first kappa shape index (κ1) is 30.7. The highest BCUT2D eigenvalue weighted by atomic mass is 35.5. The van der Waals surface area contributed by atoms with E-state index < -0.39 is 12.0 Å². The van der Waals surface area contributed by atoms with Crippen LogP contribution in [0.3, 0.4) is 0 Å². The SMILES string of the molecule is C#CCOc1c(Cl)cc(/C=c2\sc3n(c2=O)[C@H](c2ccc(OCC)cc2)C(C(=O)OCC)=C(c2ccccc2)N=3)cc1OC. The van der Waals surface area contributed by atoms with Crippen molar-refractivity contribution in [1.82, 2.24) is 4.57 Å². The van der Waals surface area contributed by atoms with Gasteiger partial charge < -0.3 is 18.9 Å². The predicted molar refractivity (Wildman–Crippen MR) is 171 cm³/mol. The minimum Gasteiger partial charge on any atom is -0.494 e. The number of benzene rings is 3. The summed E-state index contributed by atoms with van der Waals surface area (Å²) < 4.78 is 24.1. The van der Waals surface area contributed by atoms with Crippen LogP contribution in [0.15, 0.2) is 82.1 Å². The number of ether oxygens (including phenoxy) is 4. The van der Waals surface area contributed by atoms with Crippen LogP contribution in [-0.4, -0.2) is 37.5 Å². The molecule has 3 aromatic carbocycles. The van der Waals surface area contributed by atoms with E-state index in [1.807, 2.05) is 61.5 Å². The van der Waals surface area contributed by atoms with Crippen molar-refractivity contribution >= 4 is 40.7 Å². The summed E-state index contributed by atoms with van der Waals surface area (Å²) >= 11 is 7.71. The largest absolute Gasteiger partial charge is 0.494 e. The number of fused-ring (bicyclic) bond motifs is 1. The number of thiazole rings is 1. The summed E-state index contributed by atoms with van der Waals surface area (Å²) in [6, 6.07) is 19.3. The predicted octanol–water partition coefficient (Wildman–Crippen LogP) is 5.01. The molecule has 0 N–H and O–H groups in total. The molecular weight excluding hydrogens is 600 g/mol. The molecule has 0 fully saturated rings. The molecule has 224 valence electrons. The van der Waals surface area contributed by atoms with Gasteiger partial charge in [0.1, 0.15) is 12.4 Å². The van der Waals surface area contributed by atoms with E-state index in [0.717, 1.165) is 5.56 Å². The van der Waals surface area contributed by atoms with E-state index in [9.17, 15) is 9.59 Å². The Balaban J connectivity index is 1.76. The van der Waals surface area contributed by atoms with E-state index in [-0.39, 0.29) is 29.4 Å². The summed E-state index contributed by atoms with van der Waals surface area (Å²) in [5, 5.41) is 0.279. The first-order valence-corrected chi connectivity index (χ1v) is 15.0. The highest BCUT2D eigenvalue weighted by Gasteiger charge is 2.35. The minimum absolute atomic E-state index is 0.0200. The normalized spacial score (nSPS) is 14.3. The van der Waals surface area contributed by atoms with Gasteiger partial charge in [-0.2, -0.15) is 0 Å². The Hall–Kier alpha value is -4.78. The Morgan fingerprint density at radius 1 is 1.09 bits per heavy atom. The molecule has 5 rings (SSSR count). The van der Waals surface area contributed by atoms with Gasteiger partial charge >= 0.3 is 5.97 Å². The molecule has 0 spiro atoms. The van der Waals surface area contributed by atoms with Crippen molar-refractivity contribution in [3.05, 3.63) is 114 Å². The molecule has 0 unspecified atom stereocenters. The number of methoxy groups -OCH3 is 1. The number of hydrogen-bond acceptors (Lipinski definition) is 8. The van der Waals surface area contributed by atoms with E-state index in [4.69, 9.17) is 42.0 Å². The molecule has 8 nitrogen and oxygen atoms in total. The van der Waals surface area contributed by atoms with E-state index >= 15 is 0 Å². The third kappa shape index (κ3) is 6.13. The Morgan fingerprint density at radius 2 is 1.84 bits per heavy atom. The van der Waals surface area contributed by atoms with Gasteiger partial charge in [-0.15, -0.1) is 6.42 Å². The standard InChI is InChI=1S/C34H29ClN2O6S/c1-5-17-43-31-25(35)18-21(19-26(31)40-4)20-27-32(38)37-30(23-13-15-24(16-14-23)41-6-2)28(33(39)42-7-3)29(36-34(37)44-27)22-11-9-8-10-12-22/h1,8-16,18-20,30H,6-7,17H2,2-4H3/b27-20-/t30-/m1/s1. The van der Waals surface area contributed by atoms with Gasteiger partial charge in [0.25, 0.3) is 5.56 Å². The molecular formula is C34H29ClN2O6S. The molecule has 4 aromatic rings. The lowest BCUT2D eigenvalue weighted by atomic mass is 9.93. The van der Waals surface area contributed by atoms with E-state index in [2.05, 4.69) is 5.92 Å². The van der Waals surface area contributed by atoms with E-state index in [0.29, 0.717) is 50.0 Å². The number of halogens is 1. The minimum atomic E-state index is -0.809. The first-order chi connectivity index (χ1) is 21.4. The van der Waals surface area contributed by atoms with Crippen LogP contribution in [0.5, 0.6) is 17.2 Å². The summed E-state index contributed by atoms with van der Waals surface area (Å²) in [5.74, 6) is 3.21. The molecule has 0 amide bonds. The van der Waals surface area contributed by atoms with E-state index in [1.165, 1.54) is 23.0 Å². The summed E-state index contributed by atoms with van der Waals surface area (Å²) in [7, 11) is 1.49. The maximum absolute atomic E-state index is 14.2. The number of esters is 1. The van der Waals surface area contributed by atoms with Gasteiger partial charge in [0.15, 0.2) is 16.3 Å². The molecule has 1 atom stereocenters. The molecule has 0 radical (unpaired) electrons. The van der Waals surface area contributed by atoms with Crippen molar-refractivity contribution in [1.29, 1.82) is 0 Å². The molecule has 1 aliphatic heterocycles. The maximum atomic E-state index is 14.2. The topological polar surface area (TPSA) is 88.4 Å². The molecule has 2 heterocycles. The highest BCUT2D eigenvalue weighted by molar-refractivity contribution is 7.07. The zero-order valence-electron chi connectivity index (χ0n) is 24.3. The number of rotatable bonds is 10. The van der Waals surface area contributed by atoms with Crippen LogP contribution < -0.4 is 29.1 Å². The van der Waals surface area contributed by atoms with Crippen molar-refractivity contribution in [3.63, 3.8) is 0 Å². The van der Waals surface area contributed by atoms with Crippen molar-refractivity contribution < 1.29 is 23.7 Å². The lowest BCUT2D eigenvalue weighted by molar-refractivity contribution is -0.138. The second-order valence-electron chi connectivity index (χ2n) is 9.46. The number of hydrogen-bond donors (Lipinski definition) is 0. The fourth-order valence-corrected chi connectivity index (χ4v) is 6.17. The molecule has 0 saturated heterocycles. The van der Waals surface area contributed by atoms with Gasteiger partial charge in [0.2, 0.25) is 0 Å². The molecule has 0 aliphatic carbocycles. The monoisotopic (exact) mass is 628 g/mol. The average Bonchev–Trinajstić information content (AvgIpc) is 3.34. The van der Waals surface area contributed by atoms with Crippen LogP contribution in [0, 0.1) is 12.3 Å².